The maximum atomic E-state index is 16.4. The van der Waals surface area contributed by atoms with Gasteiger partial charge in [0, 0.05) is 60.8 Å². The van der Waals surface area contributed by atoms with Crippen LogP contribution in [0.15, 0.2) is 66.9 Å². The van der Waals surface area contributed by atoms with Crippen LogP contribution in [0.25, 0.3) is 11.0 Å². The van der Waals surface area contributed by atoms with Crippen molar-refractivity contribution in [3.8, 4) is 5.75 Å². The van der Waals surface area contributed by atoms with E-state index in [1.54, 1.807) is 6.07 Å². The van der Waals surface area contributed by atoms with E-state index in [0.717, 1.165) is 44.0 Å². The molecular formula is C31H28F2N10O7. The molecule has 0 spiro atoms. The van der Waals surface area contributed by atoms with E-state index < -0.39 is 54.7 Å². The van der Waals surface area contributed by atoms with Gasteiger partial charge in [-0.15, -0.1) is 0 Å². The molecule has 3 aromatic carbocycles. The van der Waals surface area contributed by atoms with Crippen LogP contribution in [-0.2, 0) is 5.92 Å². The fourth-order valence-corrected chi connectivity index (χ4v) is 5.59. The number of alkyl halides is 2. The van der Waals surface area contributed by atoms with Crippen molar-refractivity contribution >= 4 is 56.8 Å². The van der Waals surface area contributed by atoms with Crippen LogP contribution in [0.3, 0.4) is 0 Å². The topological polar surface area (TPSA) is 211 Å². The summed E-state index contributed by atoms with van der Waals surface area (Å²) in [6, 6.07) is 12.5. The molecule has 17 nitrogen and oxygen atoms in total. The van der Waals surface area contributed by atoms with Crippen molar-refractivity contribution in [3.05, 3.63) is 108 Å². The quantitative estimate of drug-likeness (QED) is 0.106. The molecule has 3 N–H and O–H groups in total. The Balaban J connectivity index is 1.34. The van der Waals surface area contributed by atoms with Crippen molar-refractivity contribution < 1.29 is 28.3 Å². The number of fused-ring (bicyclic) bond motifs is 1. The maximum Gasteiger partial charge on any atom is 0.315 e. The molecule has 0 radical (unpaired) electrons. The molecule has 3 heterocycles. The Morgan fingerprint density at radius 2 is 1.58 bits per heavy atom. The Kier molecular flexibility index (Phi) is 8.81. The summed E-state index contributed by atoms with van der Waals surface area (Å²) in [7, 11) is 3.55. The van der Waals surface area contributed by atoms with Crippen LogP contribution in [0.4, 0.5) is 54.5 Å². The van der Waals surface area contributed by atoms with Crippen LogP contribution in [-0.4, -0.2) is 75.0 Å². The smallest absolute Gasteiger partial charge is 0.315 e. The highest BCUT2D eigenvalue weighted by molar-refractivity contribution is 5.83. The van der Waals surface area contributed by atoms with Gasteiger partial charge in [-0.1, -0.05) is 12.1 Å². The van der Waals surface area contributed by atoms with E-state index in [9.17, 15) is 30.3 Å². The van der Waals surface area contributed by atoms with E-state index in [4.69, 9.17) is 4.74 Å². The number of aromatic amines is 1. The second-order valence-corrected chi connectivity index (χ2v) is 11.3. The number of benzene rings is 3. The zero-order valence-corrected chi connectivity index (χ0v) is 26.4. The summed E-state index contributed by atoms with van der Waals surface area (Å²) in [5, 5.41) is 40.2. The first-order chi connectivity index (χ1) is 23.8. The highest BCUT2D eigenvalue weighted by Gasteiger charge is 2.39. The fourth-order valence-electron chi connectivity index (χ4n) is 5.59. The normalized spacial score (nSPS) is 13.6. The van der Waals surface area contributed by atoms with Gasteiger partial charge in [0.25, 0.3) is 5.69 Å². The summed E-state index contributed by atoms with van der Waals surface area (Å²) in [5.74, 6) is -3.51. The number of methoxy groups -OCH3 is 1. The van der Waals surface area contributed by atoms with Gasteiger partial charge in [-0.05, 0) is 37.4 Å². The van der Waals surface area contributed by atoms with Gasteiger partial charge in [0.2, 0.25) is 5.95 Å². The van der Waals surface area contributed by atoms with Gasteiger partial charge in [-0.3, -0.25) is 30.3 Å². The van der Waals surface area contributed by atoms with Gasteiger partial charge < -0.3 is 30.2 Å². The van der Waals surface area contributed by atoms with E-state index >= 15 is 8.78 Å². The van der Waals surface area contributed by atoms with Gasteiger partial charge in [0.1, 0.15) is 17.1 Å². The van der Waals surface area contributed by atoms with Crippen LogP contribution in [0.1, 0.15) is 11.3 Å². The number of piperazine rings is 1. The third-order valence-corrected chi connectivity index (χ3v) is 8.19. The van der Waals surface area contributed by atoms with Crippen molar-refractivity contribution in [3.63, 3.8) is 0 Å². The Hall–Kier alpha value is -6.50. The van der Waals surface area contributed by atoms with E-state index in [1.165, 1.54) is 31.5 Å². The molecule has 0 unspecified atom stereocenters. The number of non-ortho nitro benzene ring substituents is 1. The van der Waals surface area contributed by atoms with Crippen molar-refractivity contribution in [2.45, 2.75) is 5.92 Å². The van der Waals surface area contributed by atoms with E-state index in [1.807, 2.05) is 12.1 Å². The molecule has 0 saturated carbocycles. The van der Waals surface area contributed by atoms with Crippen molar-refractivity contribution in [1.82, 2.24) is 19.9 Å². The van der Waals surface area contributed by atoms with Crippen LogP contribution in [0, 0.1) is 30.3 Å². The lowest BCUT2D eigenvalue weighted by molar-refractivity contribution is -0.401. The molecule has 1 aliphatic rings. The fraction of sp³-hybridized carbons (Fsp3) is 0.226. The number of H-pyrrole nitrogens is 1. The Bertz CT molecular complexity index is 2100. The zero-order valence-electron chi connectivity index (χ0n) is 26.4. The first-order valence-electron chi connectivity index (χ1n) is 15.0. The molecule has 19 heteroatoms. The molecule has 2 aromatic heterocycles. The first kappa shape index (κ1) is 33.4. The van der Waals surface area contributed by atoms with Gasteiger partial charge in [0.05, 0.1) is 39.7 Å². The molecular weight excluding hydrogens is 662 g/mol. The Morgan fingerprint density at radius 3 is 2.22 bits per heavy atom. The van der Waals surface area contributed by atoms with Crippen LogP contribution < -0.4 is 20.3 Å². The lowest BCUT2D eigenvalue weighted by Crippen LogP contribution is -2.44. The lowest BCUT2D eigenvalue weighted by atomic mass is 10.0. The molecule has 0 bridgehead atoms. The third kappa shape index (κ3) is 6.48. The molecule has 0 atom stereocenters. The summed E-state index contributed by atoms with van der Waals surface area (Å²) >= 11 is 0. The van der Waals surface area contributed by atoms with Crippen LogP contribution in [0.5, 0.6) is 5.75 Å². The van der Waals surface area contributed by atoms with Crippen molar-refractivity contribution in [2.75, 3.05) is 55.9 Å². The number of anilines is 5. The number of nitro benzene ring substituents is 3. The average molecular weight is 691 g/mol. The third-order valence-electron chi connectivity index (χ3n) is 8.19. The summed E-state index contributed by atoms with van der Waals surface area (Å²) in [4.78, 5) is 47.5. The van der Waals surface area contributed by atoms with Gasteiger partial charge >= 0.3 is 17.3 Å². The number of rotatable bonds is 11. The second kappa shape index (κ2) is 13.2. The van der Waals surface area contributed by atoms with E-state index in [2.05, 4.69) is 42.4 Å². The highest BCUT2D eigenvalue weighted by Crippen LogP contribution is 2.43. The minimum atomic E-state index is -3.79. The minimum absolute atomic E-state index is 0.0120. The molecule has 0 amide bonds. The zero-order chi connectivity index (χ0) is 35.7. The monoisotopic (exact) mass is 690 g/mol. The van der Waals surface area contributed by atoms with Crippen molar-refractivity contribution in [1.29, 1.82) is 0 Å². The SMILES string of the molecule is COc1cc(N2CCN(C)CC2)ccc1Nc1nc(C(F)(F)c2cccc(Nc3c([N+](=O)[O-])cc([N+](=O)[O-])cc3[N+](=O)[O-])c2)c2cc[nH]c2n1. The lowest BCUT2D eigenvalue weighted by Gasteiger charge is -2.34. The standard InChI is InChI=1S/C31H28F2N10O7/c1-39-10-12-40(13-11-39)20-6-7-23(26(17-20)50-2)36-30-37-28(22-8-9-34-29(22)38-30)31(32,33)18-4-3-5-19(14-18)35-27-24(42(46)47)15-21(41(44)45)16-25(27)43(48)49/h3-9,14-17,35H,10-13H2,1-2H3,(H2,34,36,37,38). The minimum Gasteiger partial charge on any atom is -0.494 e. The molecule has 0 aliphatic carbocycles. The predicted octanol–water partition coefficient (Wildman–Crippen LogP) is 6.07. The number of aromatic nitrogens is 3. The average Bonchev–Trinajstić information content (AvgIpc) is 3.57. The summed E-state index contributed by atoms with van der Waals surface area (Å²) < 4.78 is 38.5. The molecule has 1 fully saturated rings. The number of halogens is 2. The largest absolute Gasteiger partial charge is 0.494 e. The number of hydrogen-bond donors (Lipinski definition) is 3. The van der Waals surface area contributed by atoms with Gasteiger partial charge in [-0.2, -0.15) is 13.8 Å². The summed E-state index contributed by atoms with van der Waals surface area (Å²) in [6.07, 6.45) is 1.43. The molecule has 1 aliphatic heterocycles. The summed E-state index contributed by atoms with van der Waals surface area (Å²) in [6.45, 7) is 3.46. The summed E-state index contributed by atoms with van der Waals surface area (Å²) in [5.41, 5.74) is -3.59. The van der Waals surface area contributed by atoms with Crippen LogP contribution in [0.2, 0.25) is 0 Å². The number of nitro groups is 3. The van der Waals surface area contributed by atoms with Crippen LogP contribution >= 0.6 is 0 Å². The second-order valence-electron chi connectivity index (χ2n) is 11.3. The molecule has 1 saturated heterocycles. The number of likely N-dealkylation sites (N-methyl/N-ethyl adjacent to an activating group) is 1. The first-order valence-corrected chi connectivity index (χ1v) is 15.0. The molecule has 50 heavy (non-hydrogen) atoms. The number of hydrogen-bond acceptors (Lipinski definition) is 13. The highest BCUT2D eigenvalue weighted by atomic mass is 19.3. The van der Waals surface area contributed by atoms with E-state index in [-0.39, 0.29) is 22.7 Å². The molecule has 258 valence electrons. The number of nitrogens with zero attached hydrogens (tertiary/aromatic N) is 7. The Morgan fingerprint density at radius 1 is 0.880 bits per heavy atom. The Labute approximate surface area is 281 Å². The van der Waals surface area contributed by atoms with Gasteiger partial charge in [0.15, 0.2) is 5.69 Å². The van der Waals surface area contributed by atoms with E-state index in [0.29, 0.717) is 23.6 Å². The number of ether oxygens (including phenoxy) is 1. The predicted molar refractivity (Wildman–Crippen MR) is 179 cm³/mol. The molecule has 5 aromatic rings. The van der Waals surface area contributed by atoms with Crippen molar-refractivity contribution in [2.24, 2.45) is 0 Å². The maximum absolute atomic E-state index is 16.4. The van der Waals surface area contributed by atoms with Gasteiger partial charge in [-0.25, -0.2) is 4.98 Å². The molecule has 6 rings (SSSR count). The number of nitrogens with one attached hydrogen (secondary N) is 3.